The molecule has 4 rings (SSSR count). The Morgan fingerprint density at radius 2 is 0.919 bits per heavy atom. The van der Waals surface area contributed by atoms with Gasteiger partial charge in [-0.2, -0.15) is 0 Å². The topological polar surface area (TPSA) is 105 Å². The second-order valence-corrected chi connectivity index (χ2v) is 13.9. The minimum absolute atomic E-state index is 0.0110. The van der Waals surface area contributed by atoms with Crippen LogP contribution in [0.15, 0.2) is 134 Å². The standard InChI is InChI=1S/C53H43FO8/c1-34(2)50(55)59-31-28-43-20-16-40(17-21-43)11-10-39-12-14-41(15-13-39)24-26-45-38(9)48(54)47(27-25-42-18-22-44(23-19-42)29-32-60-51(56)35(3)4)49(62-53(58)37(7)8)46(45)30-33-61-52(57)36(5)6/h12-23,28-29,31-32H,1,3,5,7,30,33H2,2,4,6,8-9H3/b31-28+,32-29+. The molecule has 0 saturated heterocycles. The maximum atomic E-state index is 16.5. The Balaban J connectivity index is 1.69. The molecule has 62 heavy (non-hydrogen) atoms. The molecular formula is C53H43FO8. The highest BCUT2D eigenvalue weighted by Gasteiger charge is 2.25. The molecular weight excluding hydrogens is 784 g/mol. The first-order chi connectivity index (χ1) is 29.5. The van der Waals surface area contributed by atoms with Gasteiger partial charge in [0.25, 0.3) is 0 Å². The van der Waals surface area contributed by atoms with Gasteiger partial charge in [0, 0.05) is 67.7 Å². The van der Waals surface area contributed by atoms with Gasteiger partial charge in [-0.3, -0.25) is 0 Å². The molecule has 0 amide bonds. The lowest BCUT2D eigenvalue weighted by Gasteiger charge is -2.18. The second kappa shape index (κ2) is 22.3. The number of rotatable bonds is 12. The summed E-state index contributed by atoms with van der Waals surface area (Å²) in [5.74, 6) is 14.7. The van der Waals surface area contributed by atoms with Crippen molar-refractivity contribution in [2.45, 2.75) is 41.0 Å². The zero-order valence-corrected chi connectivity index (χ0v) is 35.1. The molecule has 0 N–H and O–H groups in total. The van der Waals surface area contributed by atoms with Crippen LogP contribution in [0.4, 0.5) is 4.39 Å². The fraction of sp³-hybridized carbons (Fsp3) is 0.132. The second-order valence-electron chi connectivity index (χ2n) is 13.9. The van der Waals surface area contributed by atoms with E-state index in [1.54, 1.807) is 81.5 Å². The first kappa shape index (κ1) is 46.5. The molecule has 0 fully saturated rings. The molecule has 0 aliphatic carbocycles. The van der Waals surface area contributed by atoms with E-state index in [4.69, 9.17) is 18.9 Å². The lowest BCUT2D eigenvalue weighted by Crippen LogP contribution is -2.16. The maximum Gasteiger partial charge on any atom is 0.338 e. The van der Waals surface area contributed by atoms with Gasteiger partial charge in [0.05, 0.1) is 19.1 Å². The summed E-state index contributed by atoms with van der Waals surface area (Å²) in [4.78, 5) is 48.6. The predicted molar refractivity (Wildman–Crippen MR) is 238 cm³/mol. The van der Waals surface area contributed by atoms with Gasteiger partial charge >= 0.3 is 23.9 Å². The number of carbonyl (C=O) groups is 4. The molecule has 0 aliphatic rings. The monoisotopic (exact) mass is 826 g/mol. The predicted octanol–water partition coefficient (Wildman–Crippen LogP) is 9.66. The number of carbonyl (C=O) groups excluding carboxylic acids is 4. The number of ether oxygens (including phenoxy) is 4. The van der Waals surface area contributed by atoms with Crippen LogP contribution in [0.2, 0.25) is 0 Å². The molecule has 0 saturated carbocycles. The molecule has 9 heteroatoms. The van der Waals surface area contributed by atoms with Crippen LogP contribution >= 0.6 is 0 Å². The molecule has 0 aliphatic heterocycles. The van der Waals surface area contributed by atoms with E-state index >= 15 is 4.39 Å². The Morgan fingerprint density at radius 3 is 1.32 bits per heavy atom. The van der Waals surface area contributed by atoms with Gasteiger partial charge in [0.15, 0.2) is 5.75 Å². The quantitative estimate of drug-likeness (QED) is 0.0348. The molecule has 0 heterocycles. The molecule has 0 atom stereocenters. The smallest absolute Gasteiger partial charge is 0.338 e. The van der Waals surface area contributed by atoms with E-state index in [9.17, 15) is 19.2 Å². The van der Waals surface area contributed by atoms with Crippen molar-refractivity contribution in [1.82, 2.24) is 0 Å². The Labute approximate surface area is 361 Å². The van der Waals surface area contributed by atoms with E-state index < -0.39 is 29.7 Å². The Morgan fingerprint density at radius 1 is 0.548 bits per heavy atom. The Hall–Kier alpha value is -8.19. The first-order valence-electron chi connectivity index (χ1n) is 19.0. The Bertz CT molecular complexity index is 2710. The number of hydrogen-bond acceptors (Lipinski definition) is 8. The van der Waals surface area contributed by atoms with Gasteiger partial charge in [-0.15, -0.1) is 0 Å². The van der Waals surface area contributed by atoms with Gasteiger partial charge < -0.3 is 18.9 Å². The van der Waals surface area contributed by atoms with Crippen molar-refractivity contribution in [3.63, 3.8) is 0 Å². The zero-order valence-electron chi connectivity index (χ0n) is 35.1. The van der Waals surface area contributed by atoms with Crippen LogP contribution in [-0.2, 0) is 39.8 Å². The molecule has 0 radical (unpaired) electrons. The summed E-state index contributed by atoms with van der Waals surface area (Å²) in [7, 11) is 0. The summed E-state index contributed by atoms with van der Waals surface area (Å²) in [6, 6.07) is 21.4. The van der Waals surface area contributed by atoms with Crippen LogP contribution in [0.25, 0.3) is 12.2 Å². The molecule has 0 bridgehead atoms. The van der Waals surface area contributed by atoms with Crippen molar-refractivity contribution in [1.29, 1.82) is 0 Å². The summed E-state index contributed by atoms with van der Waals surface area (Å²) >= 11 is 0. The van der Waals surface area contributed by atoms with Crippen LogP contribution in [0.5, 0.6) is 5.75 Å². The van der Waals surface area contributed by atoms with E-state index in [1.165, 1.54) is 26.4 Å². The number of halogens is 1. The van der Waals surface area contributed by atoms with E-state index in [0.29, 0.717) is 27.8 Å². The van der Waals surface area contributed by atoms with Crippen LogP contribution < -0.4 is 4.74 Å². The normalized spacial score (nSPS) is 10.2. The minimum Gasteiger partial charge on any atom is -0.462 e. The van der Waals surface area contributed by atoms with E-state index in [0.717, 1.165) is 16.7 Å². The minimum atomic E-state index is -0.815. The number of benzene rings is 4. The van der Waals surface area contributed by atoms with Crippen molar-refractivity contribution in [3.8, 4) is 41.3 Å². The zero-order chi connectivity index (χ0) is 45.3. The highest BCUT2D eigenvalue weighted by Crippen LogP contribution is 2.34. The van der Waals surface area contributed by atoms with Gasteiger partial charge in [-0.25, -0.2) is 23.6 Å². The molecule has 8 nitrogen and oxygen atoms in total. The maximum absolute atomic E-state index is 16.5. The van der Waals surface area contributed by atoms with E-state index in [-0.39, 0.29) is 52.2 Å². The molecule has 0 spiro atoms. The third-order valence-electron chi connectivity index (χ3n) is 8.49. The average Bonchev–Trinajstić information content (AvgIpc) is 3.25. The summed E-state index contributed by atoms with van der Waals surface area (Å²) in [5.41, 5.74) is 5.40. The fourth-order valence-corrected chi connectivity index (χ4v) is 5.02. The van der Waals surface area contributed by atoms with Crippen molar-refractivity contribution < 1.29 is 42.5 Å². The van der Waals surface area contributed by atoms with Gasteiger partial charge in [-0.05, 0) is 106 Å². The third-order valence-corrected chi connectivity index (χ3v) is 8.49. The molecule has 310 valence electrons. The lowest BCUT2D eigenvalue weighted by atomic mass is 9.93. The molecule has 4 aromatic carbocycles. The molecule has 0 unspecified atom stereocenters. The highest BCUT2D eigenvalue weighted by molar-refractivity contribution is 5.90. The van der Waals surface area contributed by atoms with Crippen LogP contribution in [0, 0.1) is 48.3 Å². The molecule has 4 aromatic rings. The SMILES string of the molecule is C=C(C)C(=O)O/C=C/c1ccc(C#Cc2ccc(C#Cc3c(C)c(F)c(C#Cc4ccc(/C=C/OC(=O)C(=C)C)cc4)c(OC(=O)C(=C)C)c3CCOC(=O)C(=C)C)cc2)cc1. The van der Waals surface area contributed by atoms with Crippen molar-refractivity contribution in [2.75, 3.05) is 6.61 Å². The summed E-state index contributed by atoms with van der Waals surface area (Å²) < 4.78 is 37.6. The lowest BCUT2D eigenvalue weighted by molar-refractivity contribution is -0.139. The number of esters is 4. The summed E-state index contributed by atoms with van der Waals surface area (Å²) in [5, 5.41) is 0. The van der Waals surface area contributed by atoms with Crippen LogP contribution in [-0.4, -0.2) is 30.5 Å². The van der Waals surface area contributed by atoms with Gasteiger partial charge in [0.1, 0.15) is 11.4 Å². The molecule has 0 aromatic heterocycles. The van der Waals surface area contributed by atoms with Gasteiger partial charge in [0.2, 0.25) is 0 Å². The van der Waals surface area contributed by atoms with Crippen LogP contribution in [0.3, 0.4) is 0 Å². The fourth-order valence-electron chi connectivity index (χ4n) is 5.02. The largest absolute Gasteiger partial charge is 0.462 e. The summed E-state index contributed by atoms with van der Waals surface area (Å²) in [6.45, 7) is 21.8. The average molecular weight is 827 g/mol. The highest BCUT2D eigenvalue weighted by atomic mass is 19.1. The van der Waals surface area contributed by atoms with E-state index in [2.05, 4.69) is 61.8 Å². The van der Waals surface area contributed by atoms with Crippen molar-refractivity contribution in [3.05, 3.63) is 195 Å². The third kappa shape index (κ3) is 13.7. The summed E-state index contributed by atoms with van der Waals surface area (Å²) in [6.07, 6.45) is 5.79. The van der Waals surface area contributed by atoms with Crippen LogP contribution in [0.1, 0.15) is 83.3 Å². The van der Waals surface area contributed by atoms with Gasteiger partial charge in [-0.1, -0.05) is 86.1 Å². The Kier molecular flexibility index (Phi) is 16.7. The van der Waals surface area contributed by atoms with E-state index in [1.807, 2.05) is 24.3 Å². The van der Waals surface area contributed by atoms with Crippen molar-refractivity contribution in [2.24, 2.45) is 0 Å². The first-order valence-corrected chi connectivity index (χ1v) is 19.0. The number of hydrogen-bond donors (Lipinski definition) is 0. The van der Waals surface area contributed by atoms with Crippen molar-refractivity contribution >= 4 is 36.0 Å².